The van der Waals surface area contributed by atoms with Crippen LogP contribution in [0.25, 0.3) is 0 Å². The van der Waals surface area contributed by atoms with Crippen LogP contribution in [0.4, 0.5) is 0 Å². The molecule has 1 aliphatic rings. The van der Waals surface area contributed by atoms with Crippen molar-refractivity contribution in [2.75, 3.05) is 0 Å². The number of nitrogens with one attached hydrogen (secondary N) is 1. The molecule has 2 aromatic heterocycles. The van der Waals surface area contributed by atoms with Crippen molar-refractivity contribution in [2.24, 2.45) is 5.73 Å². The first-order valence-corrected chi connectivity index (χ1v) is 6.62. The van der Waals surface area contributed by atoms with E-state index in [4.69, 9.17) is 10.5 Å². The van der Waals surface area contributed by atoms with E-state index < -0.39 is 0 Å². The summed E-state index contributed by atoms with van der Waals surface area (Å²) in [6.45, 7) is 3.95. The lowest BCUT2D eigenvalue weighted by Crippen LogP contribution is -2.20. The quantitative estimate of drug-likeness (QED) is 0.833. The summed E-state index contributed by atoms with van der Waals surface area (Å²) < 4.78 is 5.41. The largest absolute Gasteiger partial charge is 0.420 e. The van der Waals surface area contributed by atoms with Crippen LogP contribution >= 0.6 is 11.3 Å². The van der Waals surface area contributed by atoms with Crippen LogP contribution in [0.3, 0.4) is 0 Å². The van der Waals surface area contributed by atoms with E-state index in [1.807, 2.05) is 26.0 Å². The van der Waals surface area contributed by atoms with Crippen LogP contribution in [0, 0.1) is 25.2 Å². The average Bonchev–Trinajstić information content (AvgIpc) is 2.95. The first kappa shape index (κ1) is 11.8. The molecule has 3 rings (SSSR count). The number of ether oxygens (including phenoxy) is 1. The van der Waals surface area contributed by atoms with Crippen molar-refractivity contribution in [3.63, 3.8) is 0 Å². The van der Waals surface area contributed by atoms with Gasteiger partial charge in [-0.05, 0) is 26.0 Å². The topological polar surface area (TPSA) is 87.7 Å². The zero-order valence-corrected chi connectivity index (χ0v) is 11.3. The maximum Gasteiger partial charge on any atom is 0.244 e. The van der Waals surface area contributed by atoms with E-state index in [2.05, 4.69) is 16.3 Å². The molecular weight excluding hydrogens is 260 g/mol. The highest BCUT2D eigenvalue weighted by atomic mass is 32.1. The predicted octanol–water partition coefficient (Wildman–Crippen LogP) is 2.31. The number of fused-ring (bicyclic) bond motifs is 1. The lowest BCUT2D eigenvalue weighted by atomic mass is 9.89. The van der Waals surface area contributed by atoms with Crippen molar-refractivity contribution < 1.29 is 4.74 Å². The average molecular weight is 272 g/mol. The van der Waals surface area contributed by atoms with Gasteiger partial charge in [-0.1, -0.05) is 0 Å². The zero-order chi connectivity index (χ0) is 13.6. The number of thiophene rings is 1. The molecule has 0 bridgehead atoms. The van der Waals surface area contributed by atoms with E-state index >= 15 is 0 Å². The summed E-state index contributed by atoms with van der Waals surface area (Å²) in [5, 5.41) is 16.3. The number of H-pyrrole nitrogens is 1. The summed E-state index contributed by atoms with van der Waals surface area (Å²) in [7, 11) is 0. The Morgan fingerprint density at radius 1 is 1.47 bits per heavy atom. The van der Waals surface area contributed by atoms with Gasteiger partial charge in [-0.3, -0.25) is 5.10 Å². The van der Waals surface area contributed by atoms with Gasteiger partial charge in [0.25, 0.3) is 0 Å². The monoisotopic (exact) mass is 272 g/mol. The molecule has 6 heteroatoms. The standard InChI is InChI=1S/C13H12N4OS/c1-6-3-4-9(19-6)11-8(5-14)12(15)18-13-10(11)7(2)16-17-13/h3-4,11H,15H2,1-2H3,(H,16,17)/t11-/m1/s1. The number of hydrogen-bond donors (Lipinski definition) is 2. The molecule has 0 aliphatic carbocycles. The Balaban J connectivity index is 2.24. The highest BCUT2D eigenvalue weighted by Gasteiger charge is 2.34. The van der Waals surface area contributed by atoms with Crippen LogP contribution in [-0.2, 0) is 0 Å². The third-order valence-corrected chi connectivity index (χ3v) is 4.24. The summed E-state index contributed by atoms with van der Waals surface area (Å²) in [5.74, 6) is 0.411. The molecule has 0 saturated heterocycles. The van der Waals surface area contributed by atoms with Gasteiger partial charge in [0.2, 0.25) is 11.8 Å². The smallest absolute Gasteiger partial charge is 0.244 e. The van der Waals surface area contributed by atoms with E-state index in [9.17, 15) is 5.26 Å². The predicted molar refractivity (Wildman–Crippen MR) is 71.7 cm³/mol. The van der Waals surface area contributed by atoms with Gasteiger partial charge in [-0.25, -0.2) is 0 Å². The molecule has 19 heavy (non-hydrogen) atoms. The molecule has 0 amide bonds. The van der Waals surface area contributed by atoms with Gasteiger partial charge < -0.3 is 10.5 Å². The Morgan fingerprint density at radius 3 is 2.89 bits per heavy atom. The number of rotatable bonds is 1. The fourth-order valence-corrected chi connectivity index (χ4v) is 3.29. The van der Waals surface area contributed by atoms with Gasteiger partial charge in [-0.15, -0.1) is 16.4 Å². The summed E-state index contributed by atoms with van der Waals surface area (Å²) in [6, 6.07) is 6.23. The summed E-state index contributed by atoms with van der Waals surface area (Å²) in [6.07, 6.45) is 0. The fraction of sp³-hybridized carbons (Fsp3) is 0.231. The second-order valence-electron chi connectivity index (χ2n) is 4.44. The van der Waals surface area contributed by atoms with Gasteiger partial charge in [0.05, 0.1) is 11.5 Å². The Hall–Kier alpha value is -2.26. The van der Waals surface area contributed by atoms with Crippen molar-refractivity contribution >= 4 is 11.3 Å². The normalized spacial score (nSPS) is 17.8. The molecule has 3 N–H and O–H groups in total. The molecule has 96 valence electrons. The van der Waals surface area contributed by atoms with Gasteiger partial charge >= 0.3 is 0 Å². The lowest BCUT2D eigenvalue weighted by molar-refractivity contribution is 0.379. The van der Waals surface area contributed by atoms with E-state index in [0.717, 1.165) is 16.1 Å². The molecule has 3 heterocycles. The van der Waals surface area contributed by atoms with E-state index in [-0.39, 0.29) is 11.8 Å². The Morgan fingerprint density at radius 2 is 2.26 bits per heavy atom. The van der Waals surface area contributed by atoms with Crippen molar-refractivity contribution in [1.29, 1.82) is 5.26 Å². The second-order valence-corrected chi connectivity index (χ2v) is 5.76. The van der Waals surface area contributed by atoms with Gasteiger partial charge in [0.15, 0.2) is 0 Å². The van der Waals surface area contributed by atoms with Gasteiger partial charge in [0.1, 0.15) is 11.6 Å². The highest BCUT2D eigenvalue weighted by Crippen LogP contribution is 2.44. The number of nitrogens with two attached hydrogens (primary N) is 1. The third-order valence-electron chi connectivity index (χ3n) is 3.18. The molecule has 0 saturated carbocycles. The molecule has 2 aromatic rings. The number of nitriles is 1. The minimum Gasteiger partial charge on any atom is -0.420 e. The van der Waals surface area contributed by atoms with Crippen LogP contribution < -0.4 is 10.5 Å². The molecule has 1 atom stereocenters. The Bertz CT molecular complexity index is 719. The number of nitrogens with zero attached hydrogens (tertiary/aromatic N) is 2. The van der Waals surface area contributed by atoms with Crippen LogP contribution in [0.5, 0.6) is 5.88 Å². The SMILES string of the molecule is Cc1ccc([C@H]2C(C#N)=C(N)Oc3n[nH]c(C)c32)s1. The third kappa shape index (κ3) is 1.71. The molecule has 0 fully saturated rings. The van der Waals surface area contributed by atoms with E-state index in [0.29, 0.717) is 11.5 Å². The number of aromatic nitrogens is 2. The minimum atomic E-state index is -0.189. The van der Waals surface area contributed by atoms with Crippen molar-refractivity contribution in [3.05, 3.63) is 44.6 Å². The lowest BCUT2D eigenvalue weighted by Gasteiger charge is -2.22. The van der Waals surface area contributed by atoms with Crippen molar-refractivity contribution in [2.45, 2.75) is 19.8 Å². The molecule has 5 nitrogen and oxygen atoms in total. The highest BCUT2D eigenvalue weighted by molar-refractivity contribution is 7.12. The zero-order valence-electron chi connectivity index (χ0n) is 10.5. The molecule has 1 aliphatic heterocycles. The van der Waals surface area contributed by atoms with E-state index in [1.54, 1.807) is 11.3 Å². The second kappa shape index (κ2) is 4.14. The van der Waals surface area contributed by atoms with Crippen molar-refractivity contribution in [1.82, 2.24) is 10.2 Å². The van der Waals surface area contributed by atoms with Crippen LogP contribution in [-0.4, -0.2) is 10.2 Å². The Labute approximate surface area is 114 Å². The van der Waals surface area contributed by atoms with Crippen molar-refractivity contribution in [3.8, 4) is 11.9 Å². The number of allylic oxidation sites excluding steroid dienone is 1. The molecule has 0 radical (unpaired) electrons. The summed E-state index contributed by atoms with van der Waals surface area (Å²) in [5.41, 5.74) is 8.07. The maximum atomic E-state index is 9.36. The van der Waals surface area contributed by atoms with Gasteiger partial charge in [0, 0.05) is 15.4 Å². The van der Waals surface area contributed by atoms with Crippen LogP contribution in [0.15, 0.2) is 23.6 Å². The maximum absolute atomic E-state index is 9.36. The first-order chi connectivity index (χ1) is 9.11. The molecular formula is C13H12N4OS. The molecule has 0 unspecified atom stereocenters. The first-order valence-electron chi connectivity index (χ1n) is 5.80. The fourth-order valence-electron chi connectivity index (χ4n) is 2.29. The van der Waals surface area contributed by atoms with E-state index in [1.165, 1.54) is 4.88 Å². The minimum absolute atomic E-state index is 0.137. The molecule has 0 spiro atoms. The number of aryl methyl sites for hydroxylation is 2. The number of aromatic amines is 1. The van der Waals surface area contributed by atoms with Gasteiger partial charge in [-0.2, -0.15) is 5.26 Å². The number of hydrogen-bond acceptors (Lipinski definition) is 5. The molecule has 0 aromatic carbocycles. The summed E-state index contributed by atoms with van der Waals surface area (Å²) >= 11 is 1.65. The van der Waals surface area contributed by atoms with Crippen LogP contribution in [0.2, 0.25) is 0 Å². The summed E-state index contributed by atoms with van der Waals surface area (Å²) in [4.78, 5) is 2.27. The Kier molecular flexibility index (Phi) is 2.57. The van der Waals surface area contributed by atoms with Crippen LogP contribution in [0.1, 0.15) is 26.9 Å².